The van der Waals surface area contributed by atoms with E-state index in [1.807, 2.05) is 84.9 Å². The number of benzene rings is 3. The number of para-hydroxylation sites is 1. The van der Waals surface area contributed by atoms with Crippen LogP contribution < -0.4 is 0 Å². The van der Waals surface area contributed by atoms with Crippen molar-refractivity contribution in [1.82, 2.24) is 4.57 Å². The van der Waals surface area contributed by atoms with Crippen molar-refractivity contribution < 1.29 is 9.59 Å². The van der Waals surface area contributed by atoms with E-state index >= 15 is 0 Å². The van der Waals surface area contributed by atoms with Crippen molar-refractivity contribution in [3.63, 3.8) is 0 Å². The van der Waals surface area contributed by atoms with E-state index in [0.29, 0.717) is 5.56 Å². The zero-order valence-corrected chi connectivity index (χ0v) is 14.1. The van der Waals surface area contributed by atoms with Crippen LogP contribution in [-0.4, -0.2) is 16.8 Å². The van der Waals surface area contributed by atoms with Crippen LogP contribution >= 0.6 is 0 Å². The lowest BCUT2D eigenvalue weighted by atomic mass is 9.90. The van der Waals surface area contributed by atoms with Crippen LogP contribution in [0, 0.1) is 0 Å². The van der Waals surface area contributed by atoms with Gasteiger partial charge in [-0.05, 0) is 17.2 Å². The molecule has 4 aromatic rings. The lowest BCUT2D eigenvalue weighted by Crippen LogP contribution is -2.20. The highest BCUT2D eigenvalue weighted by atomic mass is 16.2. The molecule has 0 aliphatic heterocycles. The van der Waals surface area contributed by atoms with Gasteiger partial charge < -0.3 is 0 Å². The Morgan fingerprint density at radius 1 is 0.769 bits per heavy atom. The highest BCUT2D eigenvalue weighted by Gasteiger charge is 2.25. The summed E-state index contributed by atoms with van der Waals surface area (Å²) in [7, 11) is 0. The molecule has 0 fully saturated rings. The molecule has 0 unspecified atom stereocenters. The molecule has 0 atom stereocenters. The van der Waals surface area contributed by atoms with Crippen molar-refractivity contribution in [1.29, 1.82) is 0 Å². The van der Waals surface area contributed by atoms with E-state index in [2.05, 4.69) is 0 Å². The number of nitrogens with zero attached hydrogens (tertiary/aromatic N) is 1. The van der Waals surface area contributed by atoms with E-state index in [4.69, 9.17) is 0 Å². The number of carbonyl (C=O) groups is 2. The fraction of sp³-hybridized carbons (Fsp3) is 0.0435. The molecule has 3 heteroatoms. The molecule has 0 spiro atoms. The second-order valence-corrected chi connectivity index (χ2v) is 6.18. The second kappa shape index (κ2) is 6.81. The van der Waals surface area contributed by atoms with Crippen LogP contribution in [0.15, 0.2) is 91.1 Å². The number of fused-ring (bicyclic) bond motifs is 1. The molecule has 26 heavy (non-hydrogen) atoms. The maximum atomic E-state index is 13.5. The third-order valence-electron chi connectivity index (χ3n) is 4.62. The number of hydrogen-bond donors (Lipinski definition) is 0. The van der Waals surface area contributed by atoms with Crippen LogP contribution in [0.5, 0.6) is 0 Å². The molecule has 3 aromatic carbocycles. The van der Waals surface area contributed by atoms with Gasteiger partial charge in [0.15, 0.2) is 6.29 Å². The molecule has 0 saturated heterocycles. The minimum Gasteiger partial charge on any atom is -0.298 e. The largest absolute Gasteiger partial charge is 0.298 e. The average molecular weight is 339 g/mol. The van der Waals surface area contributed by atoms with Gasteiger partial charge in [-0.1, -0.05) is 78.9 Å². The molecule has 0 bridgehead atoms. The second-order valence-electron chi connectivity index (χ2n) is 6.18. The Kier molecular flexibility index (Phi) is 4.20. The molecule has 4 rings (SSSR count). The lowest BCUT2D eigenvalue weighted by Gasteiger charge is -2.18. The van der Waals surface area contributed by atoms with Gasteiger partial charge in [0.25, 0.3) is 0 Å². The molecule has 1 aromatic heterocycles. The van der Waals surface area contributed by atoms with E-state index in [-0.39, 0.29) is 5.91 Å². The van der Waals surface area contributed by atoms with Crippen LogP contribution in [0.4, 0.5) is 0 Å². The molecule has 1 heterocycles. The highest BCUT2D eigenvalue weighted by molar-refractivity contribution is 6.04. The maximum Gasteiger partial charge on any atom is 0.243 e. The lowest BCUT2D eigenvalue weighted by molar-refractivity contribution is 0.0898. The fourth-order valence-electron chi connectivity index (χ4n) is 3.39. The number of rotatable bonds is 4. The monoisotopic (exact) mass is 339 g/mol. The summed E-state index contributed by atoms with van der Waals surface area (Å²) in [6.45, 7) is 0. The summed E-state index contributed by atoms with van der Waals surface area (Å²) in [6.07, 6.45) is 2.44. The fourth-order valence-corrected chi connectivity index (χ4v) is 3.39. The Balaban J connectivity index is 1.90. The quantitative estimate of drug-likeness (QED) is 0.495. The molecule has 0 aliphatic carbocycles. The van der Waals surface area contributed by atoms with Crippen molar-refractivity contribution in [2.45, 2.75) is 5.92 Å². The van der Waals surface area contributed by atoms with Crippen molar-refractivity contribution >= 4 is 23.1 Å². The van der Waals surface area contributed by atoms with Crippen molar-refractivity contribution in [3.8, 4) is 0 Å². The molecule has 0 amide bonds. The summed E-state index contributed by atoms with van der Waals surface area (Å²) in [5, 5.41) is 0.788. The van der Waals surface area contributed by atoms with Crippen molar-refractivity contribution in [3.05, 3.63) is 108 Å². The summed E-state index contributed by atoms with van der Waals surface area (Å²) >= 11 is 0. The average Bonchev–Trinajstić information content (AvgIpc) is 3.09. The molecule has 0 saturated carbocycles. The molecule has 0 radical (unpaired) electrons. The van der Waals surface area contributed by atoms with Gasteiger partial charge in [-0.25, -0.2) is 0 Å². The first-order valence-electron chi connectivity index (χ1n) is 8.49. The molecule has 0 N–H and O–H groups in total. The maximum absolute atomic E-state index is 13.5. The van der Waals surface area contributed by atoms with E-state index in [0.717, 1.165) is 28.3 Å². The summed E-state index contributed by atoms with van der Waals surface area (Å²) in [4.78, 5) is 25.0. The van der Waals surface area contributed by atoms with Gasteiger partial charge in [0.05, 0.1) is 11.4 Å². The Morgan fingerprint density at radius 2 is 1.31 bits per heavy atom. The smallest absolute Gasteiger partial charge is 0.243 e. The Hall–Kier alpha value is -3.46. The van der Waals surface area contributed by atoms with Gasteiger partial charge in [0.2, 0.25) is 5.91 Å². The first-order valence-corrected chi connectivity index (χ1v) is 8.49. The Bertz CT molecular complexity index is 1030. The predicted octanol–water partition coefficient (Wildman–Crippen LogP) is 4.93. The van der Waals surface area contributed by atoms with Gasteiger partial charge >= 0.3 is 0 Å². The van der Waals surface area contributed by atoms with Crippen LogP contribution in [0.2, 0.25) is 0 Å². The summed E-state index contributed by atoms with van der Waals surface area (Å²) < 4.78 is 1.60. The topological polar surface area (TPSA) is 39.1 Å². The zero-order chi connectivity index (χ0) is 17.9. The third-order valence-corrected chi connectivity index (χ3v) is 4.62. The normalized spacial score (nSPS) is 11.0. The third kappa shape index (κ3) is 2.74. The predicted molar refractivity (Wildman–Crippen MR) is 103 cm³/mol. The molecular formula is C23H17NO2. The van der Waals surface area contributed by atoms with Gasteiger partial charge in [-0.15, -0.1) is 0 Å². The molecule has 126 valence electrons. The van der Waals surface area contributed by atoms with Gasteiger partial charge in [0.1, 0.15) is 0 Å². The van der Waals surface area contributed by atoms with E-state index in [1.165, 1.54) is 0 Å². The van der Waals surface area contributed by atoms with Crippen LogP contribution in [0.3, 0.4) is 0 Å². The molecule has 0 aliphatic rings. The standard InChI is InChI=1S/C23H17NO2/c25-16-19-15-24(21-14-8-7-13-20(19)21)23(26)22(17-9-3-1-4-10-17)18-11-5-2-6-12-18/h1-16,22H. The summed E-state index contributed by atoms with van der Waals surface area (Å²) in [6, 6.07) is 26.9. The Morgan fingerprint density at radius 3 is 1.88 bits per heavy atom. The minimum atomic E-state index is -0.437. The van der Waals surface area contributed by atoms with Crippen LogP contribution in [0.25, 0.3) is 10.9 Å². The van der Waals surface area contributed by atoms with Gasteiger partial charge in [0, 0.05) is 17.1 Å². The van der Waals surface area contributed by atoms with Crippen LogP contribution in [-0.2, 0) is 0 Å². The first kappa shape index (κ1) is 16.0. The van der Waals surface area contributed by atoms with Gasteiger partial charge in [-0.2, -0.15) is 0 Å². The Labute approximate surface area is 151 Å². The SMILES string of the molecule is O=Cc1cn(C(=O)C(c2ccccc2)c2ccccc2)c2ccccc12. The highest BCUT2D eigenvalue weighted by Crippen LogP contribution is 2.29. The number of aldehydes is 1. The first-order chi connectivity index (χ1) is 12.8. The van der Waals surface area contributed by atoms with Gasteiger partial charge in [-0.3, -0.25) is 14.2 Å². The molecular weight excluding hydrogens is 322 g/mol. The summed E-state index contributed by atoms with van der Waals surface area (Å²) in [5.74, 6) is -0.514. The van der Waals surface area contributed by atoms with E-state index < -0.39 is 5.92 Å². The number of hydrogen-bond acceptors (Lipinski definition) is 2. The van der Waals surface area contributed by atoms with Crippen LogP contribution in [0.1, 0.15) is 32.2 Å². The molecule has 3 nitrogen and oxygen atoms in total. The van der Waals surface area contributed by atoms with Crippen molar-refractivity contribution in [2.24, 2.45) is 0 Å². The zero-order valence-electron chi connectivity index (χ0n) is 14.1. The van der Waals surface area contributed by atoms with Crippen molar-refractivity contribution in [2.75, 3.05) is 0 Å². The number of carbonyl (C=O) groups excluding carboxylic acids is 2. The minimum absolute atomic E-state index is 0.0771. The van der Waals surface area contributed by atoms with E-state index in [1.54, 1.807) is 10.8 Å². The number of aromatic nitrogens is 1. The van der Waals surface area contributed by atoms with E-state index in [9.17, 15) is 9.59 Å². The summed E-state index contributed by atoms with van der Waals surface area (Å²) in [5.41, 5.74) is 3.12.